The van der Waals surface area contributed by atoms with Gasteiger partial charge in [-0.05, 0) is 64.4 Å². The Kier molecular flexibility index (Phi) is 9.56. The van der Waals surface area contributed by atoms with E-state index in [1.165, 1.54) is 32.4 Å². The Bertz CT molecular complexity index is 542. The van der Waals surface area contributed by atoms with Gasteiger partial charge in [0.2, 0.25) is 0 Å². The Morgan fingerprint density at radius 3 is 2.56 bits per heavy atom. The minimum absolute atomic E-state index is 0. The van der Waals surface area contributed by atoms with E-state index in [1.807, 2.05) is 12.1 Å². The molecule has 1 aromatic rings. The van der Waals surface area contributed by atoms with E-state index in [2.05, 4.69) is 41.3 Å². The zero-order chi connectivity index (χ0) is 17.4. The van der Waals surface area contributed by atoms with Gasteiger partial charge in [0.05, 0.1) is 6.54 Å². The Morgan fingerprint density at radius 1 is 1.20 bits per heavy atom. The second kappa shape index (κ2) is 10.9. The van der Waals surface area contributed by atoms with Gasteiger partial charge in [-0.2, -0.15) is 0 Å². The number of likely N-dealkylation sites (tertiary alicyclic amines) is 1. The van der Waals surface area contributed by atoms with Crippen LogP contribution in [0.2, 0.25) is 0 Å². The number of piperidine rings is 1. The smallest absolute Gasteiger partial charge is 0.191 e. The van der Waals surface area contributed by atoms with Gasteiger partial charge in [-0.15, -0.1) is 24.0 Å². The molecule has 1 fully saturated rings. The topological polar surface area (TPSA) is 59.9 Å². The fraction of sp³-hybridized carbons (Fsp3) is 0.632. The highest BCUT2D eigenvalue weighted by Crippen LogP contribution is 2.19. The maximum absolute atomic E-state index is 9.55. The first-order valence-corrected chi connectivity index (χ1v) is 9.06. The van der Waals surface area contributed by atoms with E-state index < -0.39 is 0 Å². The van der Waals surface area contributed by atoms with Crippen molar-refractivity contribution in [2.45, 2.75) is 52.1 Å². The monoisotopic (exact) mass is 460 g/mol. The van der Waals surface area contributed by atoms with Crippen LogP contribution in [0.15, 0.2) is 29.3 Å². The summed E-state index contributed by atoms with van der Waals surface area (Å²) in [4.78, 5) is 7.21. The fourth-order valence-electron chi connectivity index (χ4n) is 3.08. The highest BCUT2D eigenvalue weighted by molar-refractivity contribution is 14.0. The minimum atomic E-state index is 0. The van der Waals surface area contributed by atoms with Crippen LogP contribution in [0.1, 0.15) is 45.6 Å². The predicted octanol–water partition coefficient (Wildman–Crippen LogP) is 3.33. The molecule has 2 rings (SSSR count). The molecule has 1 aliphatic heterocycles. The zero-order valence-electron chi connectivity index (χ0n) is 15.7. The molecule has 0 aliphatic carbocycles. The maximum Gasteiger partial charge on any atom is 0.191 e. The molecule has 0 radical (unpaired) electrons. The molecule has 0 saturated carbocycles. The van der Waals surface area contributed by atoms with Crippen molar-refractivity contribution >= 4 is 29.9 Å². The lowest BCUT2D eigenvalue weighted by Crippen LogP contribution is -2.54. The molecule has 6 heteroatoms. The quantitative estimate of drug-likeness (QED) is 0.346. The molecule has 1 saturated heterocycles. The summed E-state index contributed by atoms with van der Waals surface area (Å²) in [6, 6.07) is 7.26. The minimum Gasteiger partial charge on any atom is -0.508 e. The fourth-order valence-corrected chi connectivity index (χ4v) is 3.08. The third-order valence-electron chi connectivity index (χ3n) is 4.58. The van der Waals surface area contributed by atoms with Gasteiger partial charge < -0.3 is 15.7 Å². The van der Waals surface area contributed by atoms with Crippen LogP contribution in [-0.2, 0) is 6.54 Å². The molecule has 0 bridgehead atoms. The van der Waals surface area contributed by atoms with Crippen molar-refractivity contribution in [2.75, 3.05) is 26.2 Å². The first kappa shape index (κ1) is 22.0. The van der Waals surface area contributed by atoms with Crippen molar-refractivity contribution in [1.29, 1.82) is 0 Å². The third-order valence-corrected chi connectivity index (χ3v) is 4.58. The lowest BCUT2D eigenvalue weighted by atomic mass is 9.98. The number of phenols is 1. The number of nitrogens with one attached hydrogen (secondary N) is 2. The zero-order valence-corrected chi connectivity index (χ0v) is 18.0. The van der Waals surface area contributed by atoms with E-state index in [0.29, 0.717) is 6.54 Å². The molecule has 0 amide bonds. The van der Waals surface area contributed by atoms with E-state index in [0.717, 1.165) is 24.6 Å². The normalized spacial score (nSPS) is 16.2. The van der Waals surface area contributed by atoms with Crippen LogP contribution < -0.4 is 10.6 Å². The molecule has 1 aliphatic rings. The highest BCUT2D eigenvalue weighted by Gasteiger charge is 2.27. The van der Waals surface area contributed by atoms with Crippen molar-refractivity contribution in [3.8, 4) is 5.75 Å². The molecule has 25 heavy (non-hydrogen) atoms. The van der Waals surface area contributed by atoms with Gasteiger partial charge in [-0.25, -0.2) is 4.99 Å². The number of rotatable bonds is 6. The number of phenolic OH excluding ortho intramolecular Hbond substituents is 1. The standard InChI is InChI=1S/C19H32N4O.HI/c1-4-20-18(21-14-16-9-8-10-17(24)13-16)22-15-19(2,3)23-11-6-5-7-12-23;/h8-10,13,24H,4-7,11-12,14-15H2,1-3H3,(H2,20,21,22);1H. The highest BCUT2D eigenvalue weighted by atomic mass is 127. The molecule has 0 aromatic heterocycles. The number of halogens is 1. The third kappa shape index (κ3) is 7.40. The molecule has 1 aromatic carbocycles. The summed E-state index contributed by atoms with van der Waals surface area (Å²) in [5.74, 6) is 1.11. The van der Waals surface area contributed by atoms with Crippen LogP contribution in [0.4, 0.5) is 0 Å². The number of benzene rings is 1. The average molecular weight is 460 g/mol. The summed E-state index contributed by atoms with van der Waals surface area (Å²) >= 11 is 0. The summed E-state index contributed by atoms with van der Waals surface area (Å²) in [5, 5.41) is 16.3. The van der Waals surface area contributed by atoms with Gasteiger partial charge in [0, 0.05) is 18.6 Å². The van der Waals surface area contributed by atoms with E-state index in [1.54, 1.807) is 12.1 Å². The number of hydrogen-bond acceptors (Lipinski definition) is 3. The van der Waals surface area contributed by atoms with Crippen LogP contribution in [0, 0.1) is 0 Å². The average Bonchev–Trinajstić information content (AvgIpc) is 2.58. The Labute approximate surface area is 169 Å². The molecular formula is C19H33IN4O. The van der Waals surface area contributed by atoms with Crippen molar-refractivity contribution < 1.29 is 5.11 Å². The lowest BCUT2D eigenvalue weighted by molar-refractivity contribution is 0.0982. The van der Waals surface area contributed by atoms with E-state index in [-0.39, 0.29) is 35.3 Å². The van der Waals surface area contributed by atoms with Crippen molar-refractivity contribution in [2.24, 2.45) is 4.99 Å². The van der Waals surface area contributed by atoms with Gasteiger partial charge >= 0.3 is 0 Å². The van der Waals surface area contributed by atoms with Crippen molar-refractivity contribution in [1.82, 2.24) is 15.5 Å². The molecule has 3 N–H and O–H groups in total. The Morgan fingerprint density at radius 2 is 1.92 bits per heavy atom. The number of hydrogen-bond donors (Lipinski definition) is 3. The van der Waals surface area contributed by atoms with Crippen LogP contribution in [0.25, 0.3) is 0 Å². The maximum atomic E-state index is 9.55. The van der Waals surface area contributed by atoms with Gasteiger partial charge in [-0.1, -0.05) is 18.6 Å². The SMILES string of the molecule is CCNC(=NCc1cccc(O)c1)NCC(C)(C)N1CCCCC1.I. The number of guanidine groups is 1. The first-order valence-electron chi connectivity index (χ1n) is 9.06. The van der Waals surface area contributed by atoms with Gasteiger partial charge in [0.1, 0.15) is 5.75 Å². The second-order valence-electron chi connectivity index (χ2n) is 7.08. The summed E-state index contributed by atoms with van der Waals surface area (Å²) in [6.45, 7) is 11.3. The largest absolute Gasteiger partial charge is 0.508 e. The van der Waals surface area contributed by atoms with Crippen LogP contribution in [0.5, 0.6) is 5.75 Å². The second-order valence-corrected chi connectivity index (χ2v) is 7.08. The molecule has 5 nitrogen and oxygen atoms in total. The molecule has 0 unspecified atom stereocenters. The van der Waals surface area contributed by atoms with Gasteiger partial charge in [0.15, 0.2) is 5.96 Å². The summed E-state index contributed by atoms with van der Waals surface area (Å²) in [6.07, 6.45) is 3.96. The van der Waals surface area contributed by atoms with E-state index in [4.69, 9.17) is 0 Å². The Balaban J connectivity index is 0.00000312. The number of aliphatic imine (C=N–C) groups is 1. The summed E-state index contributed by atoms with van der Waals surface area (Å²) < 4.78 is 0. The first-order chi connectivity index (χ1) is 11.5. The summed E-state index contributed by atoms with van der Waals surface area (Å²) in [7, 11) is 0. The molecular weight excluding hydrogens is 427 g/mol. The predicted molar refractivity (Wildman–Crippen MR) is 116 cm³/mol. The van der Waals surface area contributed by atoms with E-state index in [9.17, 15) is 5.11 Å². The molecule has 142 valence electrons. The van der Waals surface area contributed by atoms with Gasteiger partial charge in [-0.3, -0.25) is 4.90 Å². The van der Waals surface area contributed by atoms with Crippen molar-refractivity contribution in [3.05, 3.63) is 29.8 Å². The molecule has 0 spiro atoms. The van der Waals surface area contributed by atoms with E-state index >= 15 is 0 Å². The number of nitrogens with zero attached hydrogens (tertiary/aromatic N) is 2. The van der Waals surface area contributed by atoms with Crippen molar-refractivity contribution in [3.63, 3.8) is 0 Å². The van der Waals surface area contributed by atoms with Gasteiger partial charge in [0.25, 0.3) is 0 Å². The summed E-state index contributed by atoms with van der Waals surface area (Å²) in [5.41, 5.74) is 1.12. The number of aromatic hydroxyl groups is 1. The Hall–Kier alpha value is -1.02. The van der Waals surface area contributed by atoms with Crippen LogP contribution >= 0.6 is 24.0 Å². The van der Waals surface area contributed by atoms with Crippen LogP contribution in [0.3, 0.4) is 0 Å². The molecule has 0 atom stereocenters. The molecule has 1 heterocycles. The van der Waals surface area contributed by atoms with Crippen LogP contribution in [-0.4, -0.2) is 47.7 Å². The lowest BCUT2D eigenvalue weighted by Gasteiger charge is -2.41.